The molecule has 0 saturated carbocycles. The number of hydrogen-bond donors (Lipinski definition) is 1. The molecule has 2 aromatic rings. The van der Waals surface area contributed by atoms with Crippen molar-refractivity contribution in [1.82, 2.24) is 15.1 Å². The smallest absolute Gasteiger partial charge is 0.275 e. The molecule has 0 aliphatic heterocycles. The van der Waals surface area contributed by atoms with Crippen molar-refractivity contribution < 1.29 is 4.79 Å². The van der Waals surface area contributed by atoms with E-state index in [1.54, 1.807) is 0 Å². The van der Waals surface area contributed by atoms with Gasteiger partial charge in [-0.1, -0.05) is 44.2 Å². The number of rotatable bonds is 6. The fraction of sp³-hybridized carbons (Fsp3) is 0.412. The van der Waals surface area contributed by atoms with E-state index in [1.165, 1.54) is 5.56 Å². The molecule has 4 nitrogen and oxygen atoms in total. The lowest BCUT2D eigenvalue weighted by atomic mass is 10.1. The molecule has 0 aliphatic carbocycles. The van der Waals surface area contributed by atoms with Gasteiger partial charge in [-0.25, -0.2) is 0 Å². The number of amides is 1. The normalized spacial score (nSPS) is 11.0. The average molecular weight is 364 g/mol. The largest absolute Gasteiger partial charge is 0.337 e. The SMILES string of the molecule is CCN(CCc1ccccc1)C(=O)c1n[nH]c(C(C)C)c1Br. The molecule has 22 heavy (non-hydrogen) atoms. The number of hydrogen-bond acceptors (Lipinski definition) is 2. The summed E-state index contributed by atoms with van der Waals surface area (Å²) in [5, 5.41) is 7.16. The number of aromatic nitrogens is 2. The van der Waals surface area contributed by atoms with Crippen LogP contribution in [0.3, 0.4) is 0 Å². The summed E-state index contributed by atoms with van der Waals surface area (Å²) in [6, 6.07) is 10.2. The molecule has 0 bridgehead atoms. The zero-order chi connectivity index (χ0) is 16.1. The molecule has 0 saturated heterocycles. The van der Waals surface area contributed by atoms with Crippen LogP contribution in [0.4, 0.5) is 0 Å². The molecular weight excluding hydrogens is 342 g/mol. The molecule has 0 spiro atoms. The van der Waals surface area contributed by atoms with Crippen LogP contribution in [0.15, 0.2) is 34.8 Å². The lowest BCUT2D eigenvalue weighted by Crippen LogP contribution is -2.33. The number of H-pyrrole nitrogens is 1. The Hall–Kier alpha value is -1.62. The lowest BCUT2D eigenvalue weighted by molar-refractivity contribution is 0.0759. The molecule has 1 heterocycles. The van der Waals surface area contributed by atoms with Gasteiger partial charge < -0.3 is 4.90 Å². The van der Waals surface area contributed by atoms with Gasteiger partial charge in [0.25, 0.3) is 5.91 Å². The van der Waals surface area contributed by atoms with Gasteiger partial charge >= 0.3 is 0 Å². The zero-order valence-electron chi connectivity index (χ0n) is 13.3. The fourth-order valence-corrected chi connectivity index (χ4v) is 3.13. The predicted molar refractivity (Wildman–Crippen MR) is 92.1 cm³/mol. The van der Waals surface area contributed by atoms with Gasteiger partial charge in [0.15, 0.2) is 5.69 Å². The summed E-state index contributed by atoms with van der Waals surface area (Å²) in [7, 11) is 0. The first-order valence-electron chi connectivity index (χ1n) is 7.61. The molecule has 0 atom stereocenters. The van der Waals surface area contributed by atoms with E-state index in [0.717, 1.165) is 16.6 Å². The third-order valence-corrected chi connectivity index (χ3v) is 4.50. The average Bonchev–Trinajstić information content (AvgIpc) is 2.90. The van der Waals surface area contributed by atoms with Gasteiger partial charge in [-0.2, -0.15) is 5.10 Å². The monoisotopic (exact) mass is 363 g/mol. The maximum Gasteiger partial charge on any atom is 0.275 e. The number of halogens is 1. The number of benzene rings is 1. The van der Waals surface area contributed by atoms with Crippen molar-refractivity contribution in [2.24, 2.45) is 0 Å². The molecular formula is C17H22BrN3O. The number of aromatic amines is 1. The van der Waals surface area contributed by atoms with E-state index in [0.29, 0.717) is 24.7 Å². The van der Waals surface area contributed by atoms with Crippen LogP contribution in [0.1, 0.15) is 48.4 Å². The number of nitrogens with one attached hydrogen (secondary N) is 1. The van der Waals surface area contributed by atoms with Crippen LogP contribution < -0.4 is 0 Å². The van der Waals surface area contributed by atoms with Crippen molar-refractivity contribution in [2.45, 2.75) is 33.1 Å². The molecule has 118 valence electrons. The molecule has 1 aromatic carbocycles. The highest BCUT2D eigenvalue weighted by Crippen LogP contribution is 2.26. The number of nitrogens with zero attached hydrogens (tertiary/aromatic N) is 2. The highest BCUT2D eigenvalue weighted by Gasteiger charge is 2.23. The van der Waals surface area contributed by atoms with E-state index in [-0.39, 0.29) is 5.91 Å². The fourth-order valence-electron chi connectivity index (χ4n) is 2.33. The van der Waals surface area contributed by atoms with Crippen LogP contribution >= 0.6 is 15.9 Å². The van der Waals surface area contributed by atoms with E-state index < -0.39 is 0 Å². The Balaban J connectivity index is 2.09. The summed E-state index contributed by atoms with van der Waals surface area (Å²) in [4.78, 5) is 14.5. The van der Waals surface area contributed by atoms with Gasteiger partial charge in [0.1, 0.15) is 0 Å². The zero-order valence-corrected chi connectivity index (χ0v) is 14.9. The Kier molecular flexibility index (Phi) is 5.77. The maximum atomic E-state index is 12.7. The van der Waals surface area contributed by atoms with Crippen LogP contribution in [0.25, 0.3) is 0 Å². The topological polar surface area (TPSA) is 49.0 Å². The number of likely N-dealkylation sites (N-methyl/N-ethyl adjacent to an activating group) is 1. The predicted octanol–water partition coefficient (Wildman–Crippen LogP) is 4.00. The summed E-state index contributed by atoms with van der Waals surface area (Å²) >= 11 is 3.50. The van der Waals surface area contributed by atoms with Crippen molar-refractivity contribution in [3.05, 3.63) is 51.8 Å². The van der Waals surface area contributed by atoms with Crippen LogP contribution in [-0.2, 0) is 6.42 Å². The molecule has 5 heteroatoms. The summed E-state index contributed by atoms with van der Waals surface area (Å²) in [5.41, 5.74) is 2.67. The summed E-state index contributed by atoms with van der Waals surface area (Å²) in [5.74, 6) is 0.260. The lowest BCUT2D eigenvalue weighted by Gasteiger charge is -2.20. The second-order valence-corrected chi connectivity index (χ2v) is 6.37. The van der Waals surface area contributed by atoms with E-state index in [4.69, 9.17) is 0 Å². The minimum atomic E-state index is -0.0338. The van der Waals surface area contributed by atoms with Crippen LogP contribution in [0, 0.1) is 0 Å². The summed E-state index contributed by atoms with van der Waals surface area (Å²) < 4.78 is 0.783. The Morgan fingerprint density at radius 3 is 2.55 bits per heavy atom. The third kappa shape index (κ3) is 3.77. The van der Waals surface area contributed by atoms with E-state index in [9.17, 15) is 4.79 Å². The van der Waals surface area contributed by atoms with Crippen LogP contribution in [-0.4, -0.2) is 34.1 Å². The first-order valence-corrected chi connectivity index (χ1v) is 8.40. The standard InChI is InChI=1S/C17H22BrN3O/c1-4-21(11-10-13-8-6-5-7-9-13)17(22)16-14(18)15(12(2)3)19-20-16/h5-9,12H,4,10-11H2,1-3H3,(H,19,20). The maximum absolute atomic E-state index is 12.7. The van der Waals surface area contributed by atoms with Gasteiger partial charge in [-0.15, -0.1) is 0 Å². The van der Waals surface area contributed by atoms with Crippen molar-refractivity contribution in [3.63, 3.8) is 0 Å². The molecule has 1 amide bonds. The van der Waals surface area contributed by atoms with Gasteiger partial charge in [0.05, 0.1) is 10.2 Å². The van der Waals surface area contributed by atoms with Gasteiger partial charge in [0.2, 0.25) is 0 Å². The molecule has 0 radical (unpaired) electrons. The van der Waals surface area contributed by atoms with Crippen molar-refractivity contribution in [3.8, 4) is 0 Å². The molecule has 2 rings (SSSR count). The highest BCUT2D eigenvalue weighted by atomic mass is 79.9. The minimum absolute atomic E-state index is 0.0338. The Labute approximate surface area is 140 Å². The van der Waals surface area contributed by atoms with E-state index in [1.807, 2.05) is 30.0 Å². The summed E-state index contributed by atoms with van der Waals surface area (Å²) in [6.45, 7) is 7.49. The Bertz CT molecular complexity index is 622. The second-order valence-electron chi connectivity index (χ2n) is 5.57. The van der Waals surface area contributed by atoms with Gasteiger partial charge in [-0.3, -0.25) is 9.89 Å². The van der Waals surface area contributed by atoms with Gasteiger partial charge in [-0.05, 0) is 40.8 Å². The molecule has 1 aromatic heterocycles. The second kappa shape index (κ2) is 7.58. The number of carbonyl (C=O) groups excluding carboxylic acids is 1. The minimum Gasteiger partial charge on any atom is -0.337 e. The van der Waals surface area contributed by atoms with E-state index in [2.05, 4.69) is 52.1 Å². The molecule has 0 aliphatic rings. The number of carbonyl (C=O) groups is 1. The first kappa shape index (κ1) is 16.7. The first-order chi connectivity index (χ1) is 10.5. The molecule has 1 N–H and O–H groups in total. The van der Waals surface area contributed by atoms with Gasteiger partial charge in [0, 0.05) is 13.1 Å². The van der Waals surface area contributed by atoms with E-state index >= 15 is 0 Å². The highest BCUT2D eigenvalue weighted by molar-refractivity contribution is 9.10. The molecule has 0 fully saturated rings. The Morgan fingerprint density at radius 1 is 1.32 bits per heavy atom. The van der Waals surface area contributed by atoms with Crippen LogP contribution in [0.2, 0.25) is 0 Å². The van der Waals surface area contributed by atoms with Crippen LogP contribution in [0.5, 0.6) is 0 Å². The molecule has 0 unspecified atom stereocenters. The summed E-state index contributed by atoms with van der Waals surface area (Å²) in [6.07, 6.45) is 0.847. The van der Waals surface area contributed by atoms with Crippen molar-refractivity contribution >= 4 is 21.8 Å². The Morgan fingerprint density at radius 2 is 2.00 bits per heavy atom. The van der Waals surface area contributed by atoms with Crippen molar-refractivity contribution in [2.75, 3.05) is 13.1 Å². The quantitative estimate of drug-likeness (QED) is 0.842. The van der Waals surface area contributed by atoms with Crippen molar-refractivity contribution in [1.29, 1.82) is 0 Å². The third-order valence-electron chi connectivity index (χ3n) is 3.69.